The number of H-pyrrole nitrogens is 1. The van der Waals surface area contributed by atoms with Crippen molar-refractivity contribution >= 4 is 22.6 Å². The minimum atomic E-state index is -0.0285. The number of aromatic amines is 1. The molecule has 3 saturated heterocycles. The van der Waals surface area contributed by atoms with Crippen molar-refractivity contribution in [2.24, 2.45) is 0 Å². The number of imidazole rings is 1. The number of hydrogen-bond donors (Lipinski definition) is 2. The highest BCUT2D eigenvalue weighted by Gasteiger charge is 2.34. The van der Waals surface area contributed by atoms with Crippen molar-refractivity contribution in [2.45, 2.75) is 37.6 Å². The van der Waals surface area contributed by atoms with Crippen molar-refractivity contribution in [1.29, 1.82) is 0 Å². The van der Waals surface area contributed by atoms with E-state index in [2.05, 4.69) is 20.1 Å². The zero-order valence-corrected chi connectivity index (χ0v) is 14.5. The summed E-state index contributed by atoms with van der Waals surface area (Å²) >= 11 is 0. The van der Waals surface area contributed by atoms with Gasteiger partial charge in [-0.05, 0) is 44.0 Å². The molecule has 2 unspecified atom stereocenters. The Balaban J connectivity index is 1.33. The third kappa shape index (κ3) is 2.83. The number of nitrogens with zero attached hydrogens (tertiary/aromatic N) is 3. The largest absolute Gasteiger partial charge is 0.342 e. The summed E-state index contributed by atoms with van der Waals surface area (Å²) < 4.78 is 0. The summed E-state index contributed by atoms with van der Waals surface area (Å²) in [7, 11) is 0. The molecule has 25 heavy (non-hydrogen) atoms. The number of carbonyl (C=O) groups is 1. The van der Waals surface area contributed by atoms with Gasteiger partial charge in [0, 0.05) is 37.8 Å². The smallest absolute Gasteiger partial charge is 0.243 e. The fourth-order valence-electron chi connectivity index (χ4n) is 4.30. The van der Waals surface area contributed by atoms with Crippen molar-refractivity contribution in [3.8, 4) is 0 Å². The van der Waals surface area contributed by atoms with Crippen LogP contribution in [0.4, 0.5) is 5.69 Å². The number of fused-ring (bicyclic) bond motifs is 5. The molecule has 6 nitrogen and oxygen atoms in total. The fourth-order valence-corrected chi connectivity index (χ4v) is 4.30. The first-order valence-electron chi connectivity index (χ1n) is 9.53. The Kier molecular flexibility index (Phi) is 3.75. The summed E-state index contributed by atoms with van der Waals surface area (Å²) in [6, 6.07) is 5.97. The van der Waals surface area contributed by atoms with E-state index >= 15 is 0 Å². The van der Waals surface area contributed by atoms with Crippen LogP contribution in [0.1, 0.15) is 37.4 Å². The molecule has 1 saturated carbocycles. The Hall–Kier alpha value is -1.92. The minimum absolute atomic E-state index is 0.0285. The van der Waals surface area contributed by atoms with Gasteiger partial charge in [0.15, 0.2) is 0 Å². The molecule has 1 aromatic heterocycles. The summed E-state index contributed by atoms with van der Waals surface area (Å²) in [5.74, 6) is 1.81. The molecule has 2 bridgehead atoms. The number of anilines is 1. The van der Waals surface area contributed by atoms with Gasteiger partial charge in [-0.25, -0.2) is 4.98 Å². The Bertz CT molecular complexity index is 792. The van der Waals surface area contributed by atoms with Gasteiger partial charge in [-0.3, -0.25) is 14.6 Å². The second kappa shape index (κ2) is 6.11. The highest BCUT2D eigenvalue weighted by atomic mass is 16.2. The standard InChI is InChI=1S/C19H25N5O/c25-19(17-12-23-7-2-8-24(17)10-9-23)20-14-5-6-15-16(11-14)22-18(21-15)13-3-1-4-13/h5-6,11,13,17H,1-4,7-10,12H2,(H,20,25)(H,21,22)/t17-/m1/s1. The van der Waals surface area contributed by atoms with Crippen molar-refractivity contribution in [2.75, 3.05) is 38.0 Å². The van der Waals surface area contributed by atoms with E-state index in [9.17, 15) is 4.79 Å². The highest BCUT2D eigenvalue weighted by molar-refractivity contribution is 5.96. The lowest BCUT2D eigenvalue weighted by atomic mass is 9.85. The maximum Gasteiger partial charge on any atom is 0.243 e. The molecule has 2 N–H and O–H groups in total. The van der Waals surface area contributed by atoms with Crippen molar-refractivity contribution in [1.82, 2.24) is 19.8 Å². The molecule has 132 valence electrons. The topological polar surface area (TPSA) is 64.3 Å². The van der Waals surface area contributed by atoms with Gasteiger partial charge in [0.05, 0.1) is 11.0 Å². The SMILES string of the molecule is O=C(Nc1ccc2nc(C3CCC3)[nH]c2c1)[C@H]1CN2CCCN1CC2. The van der Waals surface area contributed by atoms with E-state index in [1.54, 1.807) is 0 Å². The molecular weight excluding hydrogens is 314 g/mol. The molecule has 6 rings (SSSR count). The normalized spacial score (nSPS) is 29.4. The molecule has 4 fully saturated rings. The van der Waals surface area contributed by atoms with Crippen LogP contribution in [0.15, 0.2) is 18.2 Å². The summed E-state index contributed by atoms with van der Waals surface area (Å²) in [5.41, 5.74) is 2.87. The molecule has 0 spiro atoms. The lowest BCUT2D eigenvalue weighted by Crippen LogP contribution is -2.55. The van der Waals surface area contributed by atoms with Gasteiger partial charge in [0.25, 0.3) is 0 Å². The van der Waals surface area contributed by atoms with Crippen LogP contribution >= 0.6 is 0 Å². The monoisotopic (exact) mass is 339 g/mol. The van der Waals surface area contributed by atoms with Gasteiger partial charge in [-0.15, -0.1) is 0 Å². The molecule has 1 amide bonds. The number of amides is 1. The molecule has 1 aliphatic carbocycles. The van der Waals surface area contributed by atoms with Crippen LogP contribution in [-0.2, 0) is 4.79 Å². The minimum Gasteiger partial charge on any atom is -0.342 e. The van der Waals surface area contributed by atoms with Crippen LogP contribution in [0.2, 0.25) is 0 Å². The number of piperazine rings is 1. The lowest BCUT2D eigenvalue weighted by molar-refractivity contribution is -0.122. The third-order valence-corrected chi connectivity index (χ3v) is 6.06. The van der Waals surface area contributed by atoms with Gasteiger partial charge >= 0.3 is 0 Å². The number of hydrogen-bond acceptors (Lipinski definition) is 4. The number of benzene rings is 1. The van der Waals surface area contributed by atoms with Crippen LogP contribution in [0, 0.1) is 0 Å². The van der Waals surface area contributed by atoms with Crippen molar-refractivity contribution in [3.05, 3.63) is 24.0 Å². The second-order valence-electron chi connectivity index (χ2n) is 7.68. The van der Waals surface area contributed by atoms with Gasteiger partial charge in [0.2, 0.25) is 5.91 Å². The molecule has 4 heterocycles. The highest BCUT2D eigenvalue weighted by Crippen LogP contribution is 2.35. The van der Waals surface area contributed by atoms with Crippen LogP contribution in [0.3, 0.4) is 0 Å². The average Bonchev–Trinajstić information content (AvgIpc) is 2.72. The molecule has 6 heteroatoms. The van der Waals surface area contributed by atoms with Crippen molar-refractivity contribution < 1.29 is 4.79 Å². The second-order valence-corrected chi connectivity index (χ2v) is 7.68. The zero-order chi connectivity index (χ0) is 16.8. The van der Waals surface area contributed by atoms with Gasteiger partial charge < -0.3 is 10.3 Å². The maximum absolute atomic E-state index is 12.8. The van der Waals surface area contributed by atoms with E-state index in [1.165, 1.54) is 19.3 Å². The summed E-state index contributed by atoms with van der Waals surface area (Å²) in [6.45, 7) is 5.09. The quantitative estimate of drug-likeness (QED) is 0.899. The Morgan fingerprint density at radius 2 is 2.08 bits per heavy atom. The van der Waals surface area contributed by atoms with E-state index in [1.807, 2.05) is 18.2 Å². The number of rotatable bonds is 3. The lowest BCUT2D eigenvalue weighted by Gasteiger charge is -2.36. The van der Waals surface area contributed by atoms with E-state index in [-0.39, 0.29) is 11.9 Å². The Morgan fingerprint density at radius 1 is 1.16 bits per heavy atom. The van der Waals surface area contributed by atoms with Gasteiger partial charge in [0.1, 0.15) is 11.9 Å². The molecule has 4 aliphatic rings. The van der Waals surface area contributed by atoms with Crippen molar-refractivity contribution in [3.63, 3.8) is 0 Å². The van der Waals surface area contributed by atoms with Crippen LogP contribution in [0.5, 0.6) is 0 Å². The van der Waals surface area contributed by atoms with E-state index in [0.717, 1.165) is 61.7 Å². The van der Waals surface area contributed by atoms with Crippen LogP contribution in [-0.4, -0.2) is 64.4 Å². The number of nitrogens with one attached hydrogen (secondary N) is 2. The van der Waals surface area contributed by atoms with E-state index in [4.69, 9.17) is 4.98 Å². The molecule has 3 aliphatic heterocycles. The molecule has 1 aromatic carbocycles. The Morgan fingerprint density at radius 3 is 2.92 bits per heavy atom. The zero-order valence-electron chi connectivity index (χ0n) is 14.5. The first kappa shape index (κ1) is 15.3. The van der Waals surface area contributed by atoms with E-state index < -0.39 is 0 Å². The number of carbonyl (C=O) groups excluding carboxylic acids is 1. The first-order valence-corrected chi connectivity index (χ1v) is 9.53. The van der Waals surface area contributed by atoms with Gasteiger partial charge in [-0.1, -0.05) is 6.42 Å². The van der Waals surface area contributed by atoms with Crippen LogP contribution in [0.25, 0.3) is 11.0 Å². The molecule has 2 aromatic rings. The fraction of sp³-hybridized carbons (Fsp3) is 0.579. The predicted octanol–water partition coefficient (Wildman–Crippen LogP) is 2.16. The summed E-state index contributed by atoms with van der Waals surface area (Å²) in [6.07, 6.45) is 4.93. The summed E-state index contributed by atoms with van der Waals surface area (Å²) in [5, 5.41) is 3.13. The van der Waals surface area contributed by atoms with Crippen LogP contribution < -0.4 is 5.32 Å². The van der Waals surface area contributed by atoms with Gasteiger partial charge in [-0.2, -0.15) is 0 Å². The van der Waals surface area contributed by atoms with E-state index in [0.29, 0.717) is 5.92 Å². The molecule has 3 atom stereocenters. The molecule has 0 radical (unpaired) electrons. The summed E-state index contributed by atoms with van der Waals surface area (Å²) in [4.78, 5) is 25.7. The molecular formula is C19H25N5O. The average molecular weight is 339 g/mol. The maximum atomic E-state index is 12.8. The number of aromatic nitrogens is 2. The first-order chi connectivity index (χ1) is 12.3. The third-order valence-electron chi connectivity index (χ3n) is 6.06. The predicted molar refractivity (Wildman–Crippen MR) is 97.7 cm³/mol. The Labute approximate surface area is 147 Å².